The number of aromatic nitrogens is 3. The van der Waals surface area contributed by atoms with E-state index in [9.17, 15) is 4.79 Å². The molecule has 0 fully saturated rings. The topological polar surface area (TPSA) is 71.9 Å². The SMILES string of the molecule is Cn1c(CCNC(=O)c2ccc3c(c2)CCO3)n[nH]c1=S. The van der Waals surface area contributed by atoms with Crippen molar-refractivity contribution in [2.45, 2.75) is 12.8 Å². The molecular weight excluding hydrogens is 288 g/mol. The Balaban J connectivity index is 1.59. The molecule has 0 radical (unpaired) electrons. The highest BCUT2D eigenvalue weighted by atomic mass is 32.1. The van der Waals surface area contributed by atoms with Gasteiger partial charge in [0, 0.05) is 32.0 Å². The van der Waals surface area contributed by atoms with E-state index in [1.54, 1.807) is 10.6 Å². The first-order chi connectivity index (χ1) is 10.1. The van der Waals surface area contributed by atoms with Crippen molar-refractivity contribution in [2.24, 2.45) is 7.05 Å². The summed E-state index contributed by atoms with van der Waals surface area (Å²) in [5.74, 6) is 1.62. The van der Waals surface area contributed by atoms with Crippen LogP contribution in [0.4, 0.5) is 0 Å². The third-order valence-electron chi connectivity index (χ3n) is 3.56. The maximum atomic E-state index is 12.1. The van der Waals surface area contributed by atoms with Crippen LogP contribution in [0, 0.1) is 4.77 Å². The molecule has 0 bridgehead atoms. The van der Waals surface area contributed by atoms with Gasteiger partial charge in [-0.05, 0) is 36.0 Å². The first kappa shape index (κ1) is 13.8. The minimum Gasteiger partial charge on any atom is -0.493 e. The first-order valence-electron chi connectivity index (χ1n) is 6.79. The fraction of sp³-hybridized carbons (Fsp3) is 0.357. The molecule has 0 atom stereocenters. The molecule has 3 rings (SSSR count). The Morgan fingerprint density at radius 3 is 3.19 bits per heavy atom. The van der Waals surface area contributed by atoms with Gasteiger partial charge in [0.2, 0.25) is 0 Å². The van der Waals surface area contributed by atoms with E-state index in [1.165, 1.54) is 0 Å². The van der Waals surface area contributed by atoms with Gasteiger partial charge in [-0.2, -0.15) is 5.10 Å². The van der Waals surface area contributed by atoms with Gasteiger partial charge in [0.25, 0.3) is 5.91 Å². The lowest BCUT2D eigenvalue weighted by Crippen LogP contribution is -2.26. The van der Waals surface area contributed by atoms with Crippen LogP contribution in [0.15, 0.2) is 18.2 Å². The number of nitrogens with one attached hydrogen (secondary N) is 2. The number of amides is 1. The number of hydrogen-bond donors (Lipinski definition) is 2. The number of carbonyl (C=O) groups excluding carboxylic acids is 1. The van der Waals surface area contributed by atoms with Crippen molar-refractivity contribution < 1.29 is 9.53 Å². The van der Waals surface area contributed by atoms with Crippen molar-refractivity contribution in [1.82, 2.24) is 20.1 Å². The smallest absolute Gasteiger partial charge is 0.251 e. The van der Waals surface area contributed by atoms with Crippen LogP contribution < -0.4 is 10.1 Å². The highest BCUT2D eigenvalue weighted by Gasteiger charge is 2.14. The molecule has 6 nitrogen and oxygen atoms in total. The number of ether oxygens (including phenoxy) is 1. The lowest BCUT2D eigenvalue weighted by Gasteiger charge is -2.06. The summed E-state index contributed by atoms with van der Waals surface area (Å²) in [5.41, 5.74) is 1.76. The van der Waals surface area contributed by atoms with Gasteiger partial charge in [0.05, 0.1) is 6.61 Å². The summed E-state index contributed by atoms with van der Waals surface area (Å²) in [7, 11) is 1.85. The summed E-state index contributed by atoms with van der Waals surface area (Å²) in [5, 5.41) is 9.73. The van der Waals surface area contributed by atoms with E-state index in [0.29, 0.717) is 29.9 Å². The van der Waals surface area contributed by atoms with Gasteiger partial charge in [-0.15, -0.1) is 0 Å². The maximum Gasteiger partial charge on any atom is 0.251 e. The fourth-order valence-electron chi connectivity index (χ4n) is 2.32. The number of rotatable bonds is 4. The second kappa shape index (κ2) is 5.69. The largest absolute Gasteiger partial charge is 0.493 e. The predicted molar refractivity (Wildman–Crippen MR) is 80.1 cm³/mol. The lowest BCUT2D eigenvalue weighted by molar-refractivity contribution is 0.0954. The van der Waals surface area contributed by atoms with Crippen LogP contribution in [0.1, 0.15) is 21.7 Å². The van der Waals surface area contributed by atoms with Crippen molar-refractivity contribution in [3.8, 4) is 5.75 Å². The first-order valence-corrected chi connectivity index (χ1v) is 7.20. The Morgan fingerprint density at radius 2 is 2.43 bits per heavy atom. The van der Waals surface area contributed by atoms with Gasteiger partial charge in [-0.25, -0.2) is 0 Å². The molecule has 1 aromatic carbocycles. The maximum absolute atomic E-state index is 12.1. The standard InChI is InChI=1S/C14H16N4O2S/c1-18-12(16-17-14(18)21)4-6-15-13(19)10-2-3-11-9(8-10)5-7-20-11/h2-3,8H,4-7H2,1H3,(H,15,19)(H,17,21). The lowest BCUT2D eigenvalue weighted by atomic mass is 10.1. The third kappa shape index (κ3) is 2.82. The zero-order valence-corrected chi connectivity index (χ0v) is 12.5. The van der Waals surface area contributed by atoms with Crippen molar-refractivity contribution >= 4 is 18.1 Å². The number of nitrogens with zero attached hydrogens (tertiary/aromatic N) is 2. The van der Waals surface area contributed by atoms with Gasteiger partial charge in [-0.3, -0.25) is 9.89 Å². The van der Waals surface area contributed by atoms with Crippen LogP contribution in [0.2, 0.25) is 0 Å². The average molecular weight is 304 g/mol. The molecule has 1 aliphatic rings. The molecule has 0 aliphatic carbocycles. The normalized spacial score (nSPS) is 12.8. The highest BCUT2D eigenvalue weighted by molar-refractivity contribution is 7.71. The van der Waals surface area contributed by atoms with E-state index < -0.39 is 0 Å². The Hall–Kier alpha value is -2.15. The van der Waals surface area contributed by atoms with Crippen LogP contribution in [-0.2, 0) is 19.9 Å². The van der Waals surface area contributed by atoms with Crippen LogP contribution in [0.25, 0.3) is 0 Å². The van der Waals surface area contributed by atoms with E-state index >= 15 is 0 Å². The van der Waals surface area contributed by atoms with Gasteiger partial charge in [0.1, 0.15) is 11.6 Å². The van der Waals surface area contributed by atoms with E-state index in [1.807, 2.05) is 19.2 Å². The summed E-state index contributed by atoms with van der Waals surface area (Å²) in [6, 6.07) is 5.54. The zero-order valence-electron chi connectivity index (χ0n) is 11.7. The Labute approximate surface area is 127 Å². The van der Waals surface area contributed by atoms with Gasteiger partial charge >= 0.3 is 0 Å². The molecule has 0 saturated heterocycles. The quantitative estimate of drug-likeness (QED) is 0.837. The van der Waals surface area contributed by atoms with Gasteiger partial charge in [-0.1, -0.05) is 0 Å². The van der Waals surface area contributed by atoms with Crippen LogP contribution >= 0.6 is 12.2 Å². The summed E-state index contributed by atoms with van der Waals surface area (Å²) in [6.45, 7) is 1.21. The number of aromatic amines is 1. The van der Waals surface area contributed by atoms with Crippen molar-refractivity contribution in [3.63, 3.8) is 0 Å². The molecule has 1 aliphatic heterocycles. The van der Waals surface area contributed by atoms with Gasteiger partial charge < -0.3 is 14.6 Å². The van der Waals surface area contributed by atoms with E-state index in [-0.39, 0.29) is 5.91 Å². The molecular formula is C14H16N4O2S. The zero-order chi connectivity index (χ0) is 14.8. The number of fused-ring (bicyclic) bond motifs is 1. The summed E-state index contributed by atoms with van der Waals surface area (Å²) < 4.78 is 7.81. The molecule has 1 amide bonds. The summed E-state index contributed by atoms with van der Waals surface area (Å²) in [6.07, 6.45) is 1.49. The Kier molecular flexibility index (Phi) is 3.74. The molecule has 21 heavy (non-hydrogen) atoms. The second-order valence-electron chi connectivity index (χ2n) is 4.93. The molecule has 0 spiro atoms. The third-order valence-corrected chi connectivity index (χ3v) is 3.92. The number of H-pyrrole nitrogens is 1. The van der Waals surface area contributed by atoms with E-state index in [2.05, 4.69) is 15.5 Å². The monoisotopic (exact) mass is 304 g/mol. The number of benzene rings is 1. The van der Waals surface area contributed by atoms with Gasteiger partial charge in [0.15, 0.2) is 4.77 Å². The second-order valence-corrected chi connectivity index (χ2v) is 5.32. The molecule has 0 saturated carbocycles. The summed E-state index contributed by atoms with van der Waals surface area (Å²) >= 11 is 5.04. The van der Waals surface area contributed by atoms with E-state index in [4.69, 9.17) is 17.0 Å². The molecule has 7 heteroatoms. The predicted octanol–water partition coefficient (Wildman–Crippen LogP) is 1.39. The number of carbonyl (C=O) groups is 1. The van der Waals surface area contributed by atoms with Crippen molar-refractivity contribution in [2.75, 3.05) is 13.2 Å². The van der Waals surface area contributed by atoms with Crippen LogP contribution in [0.5, 0.6) is 5.75 Å². The molecule has 2 N–H and O–H groups in total. The minimum atomic E-state index is -0.0820. The van der Waals surface area contributed by atoms with Crippen molar-refractivity contribution in [1.29, 1.82) is 0 Å². The van der Waals surface area contributed by atoms with E-state index in [0.717, 1.165) is 23.6 Å². The highest BCUT2D eigenvalue weighted by Crippen LogP contribution is 2.25. The molecule has 110 valence electrons. The van der Waals surface area contributed by atoms with Crippen LogP contribution in [-0.4, -0.2) is 33.8 Å². The average Bonchev–Trinajstić information content (AvgIpc) is 3.07. The summed E-state index contributed by atoms with van der Waals surface area (Å²) in [4.78, 5) is 12.1. The fourth-order valence-corrected chi connectivity index (χ4v) is 2.47. The minimum absolute atomic E-state index is 0.0820. The van der Waals surface area contributed by atoms with Crippen LogP contribution in [0.3, 0.4) is 0 Å². The Bertz CT molecular complexity index is 735. The van der Waals surface area contributed by atoms with Crippen molar-refractivity contribution in [3.05, 3.63) is 39.9 Å². The molecule has 2 heterocycles. The molecule has 2 aromatic rings. The molecule has 1 aromatic heterocycles. The number of hydrogen-bond acceptors (Lipinski definition) is 4. The Morgan fingerprint density at radius 1 is 1.57 bits per heavy atom. The molecule has 0 unspecified atom stereocenters.